The fraction of sp³-hybridized carbons (Fsp3) is 0. The van der Waals surface area contributed by atoms with Crippen molar-refractivity contribution in [3.05, 3.63) is 48.4 Å². The second-order valence-corrected chi connectivity index (χ2v) is 2.25. The zero-order valence-electron chi connectivity index (χ0n) is 7.20. The number of carbonyl (C=O) groups is 1. The van der Waals surface area contributed by atoms with Crippen LogP contribution in [0.2, 0.25) is 0 Å². The van der Waals surface area contributed by atoms with E-state index in [2.05, 4.69) is 14.9 Å². The topological polar surface area (TPSA) is 76.2 Å². The third-order valence-corrected chi connectivity index (χ3v) is 1.25. The summed E-state index contributed by atoms with van der Waals surface area (Å²) in [5.41, 5.74) is -0.176. The van der Waals surface area contributed by atoms with Gasteiger partial charge in [0, 0.05) is 5.27 Å². The first kappa shape index (κ1) is 9.91. The molecule has 0 atom stereocenters. The zero-order valence-corrected chi connectivity index (χ0v) is 7.20. The maximum absolute atomic E-state index is 9.90. The first-order valence-corrected chi connectivity index (χ1v) is 3.81. The average molecular weight is 192 g/mol. The van der Waals surface area contributed by atoms with E-state index in [1.807, 2.05) is 36.4 Å². The molecule has 0 radical (unpaired) electrons. The van der Waals surface area contributed by atoms with Crippen molar-refractivity contribution in [2.45, 2.75) is 0 Å². The van der Waals surface area contributed by atoms with Crippen molar-refractivity contribution in [3.8, 4) is 0 Å². The van der Waals surface area contributed by atoms with E-state index in [0.29, 0.717) is 0 Å². The summed E-state index contributed by atoms with van der Waals surface area (Å²) in [6.45, 7) is 0. The van der Waals surface area contributed by atoms with Crippen LogP contribution in [0.25, 0.3) is 0 Å². The number of benzene rings is 1. The van der Waals surface area contributed by atoms with Gasteiger partial charge in [-0.25, -0.2) is 4.79 Å². The molecule has 14 heavy (non-hydrogen) atoms. The van der Waals surface area contributed by atoms with Crippen LogP contribution < -0.4 is 0 Å². The van der Waals surface area contributed by atoms with Crippen LogP contribution in [0.5, 0.6) is 0 Å². The summed E-state index contributed by atoms with van der Waals surface area (Å²) in [5, 5.41) is 14.1. The fourth-order valence-corrected chi connectivity index (χ4v) is 0.643. The van der Waals surface area contributed by atoms with Gasteiger partial charge in [-0.1, -0.05) is 36.4 Å². The van der Waals surface area contributed by atoms with Crippen LogP contribution in [-0.4, -0.2) is 21.4 Å². The Bertz CT molecular complexity index is 332. The van der Waals surface area contributed by atoms with Gasteiger partial charge in [-0.15, -0.1) is 5.10 Å². The van der Waals surface area contributed by atoms with Crippen LogP contribution in [0.15, 0.2) is 47.2 Å². The highest BCUT2D eigenvalue weighted by Gasteiger charge is 2.04. The molecule has 0 fully saturated rings. The average Bonchev–Trinajstić information content (AvgIpc) is 2.74. The molecule has 1 aromatic heterocycles. The maximum atomic E-state index is 9.90. The molecule has 0 unspecified atom stereocenters. The Morgan fingerprint density at radius 3 is 1.86 bits per heavy atom. The van der Waals surface area contributed by atoms with Crippen molar-refractivity contribution in [2.75, 3.05) is 0 Å². The molecule has 0 saturated heterocycles. The van der Waals surface area contributed by atoms with E-state index in [1.54, 1.807) is 0 Å². The predicted molar refractivity (Wildman–Crippen MR) is 47.7 cm³/mol. The number of hydrogen-bond acceptors (Lipinski definition) is 4. The molecule has 2 rings (SSSR count). The molecule has 0 aliphatic heterocycles. The summed E-state index contributed by atoms with van der Waals surface area (Å²) >= 11 is 0. The van der Waals surface area contributed by atoms with Gasteiger partial charge >= 0.3 is 5.97 Å². The molecule has 0 amide bonds. The molecular formula is C9H8N2O3. The normalized spacial score (nSPS) is 8.57. The molecule has 1 aromatic carbocycles. The Labute approximate surface area is 80.0 Å². The molecule has 0 aliphatic carbocycles. The monoisotopic (exact) mass is 192 g/mol. The standard InChI is InChI=1S/C6H6.C3H2N2O3/c1-2-4-6-5-3-1;6-3(7)2-1-8-5-4-2/h1-6H;1H,(H,6,7). The molecule has 0 saturated carbocycles. The molecule has 1 heterocycles. The summed E-state index contributed by atoms with van der Waals surface area (Å²) in [6.07, 6.45) is 0.961. The van der Waals surface area contributed by atoms with Gasteiger partial charge in [-0.05, 0) is 0 Å². The Balaban J connectivity index is 0.000000146. The highest BCUT2D eigenvalue weighted by Crippen LogP contribution is 1.87. The summed E-state index contributed by atoms with van der Waals surface area (Å²) in [6, 6.07) is 12.0. The quantitative estimate of drug-likeness (QED) is 0.740. The minimum Gasteiger partial charge on any atom is -0.476 e. The molecule has 0 spiro atoms. The molecular weight excluding hydrogens is 184 g/mol. The Kier molecular flexibility index (Phi) is 3.87. The number of carboxylic acid groups (broad SMARTS) is 1. The molecule has 1 N–H and O–H groups in total. The Morgan fingerprint density at radius 2 is 1.64 bits per heavy atom. The summed E-state index contributed by atoms with van der Waals surface area (Å²) in [5.74, 6) is -1.13. The molecule has 0 bridgehead atoms. The smallest absolute Gasteiger partial charge is 0.359 e. The summed E-state index contributed by atoms with van der Waals surface area (Å²) < 4.78 is 4.13. The highest BCUT2D eigenvalue weighted by molar-refractivity contribution is 5.84. The zero-order chi connectivity index (χ0) is 10.2. The van der Waals surface area contributed by atoms with Gasteiger partial charge in [0.1, 0.15) is 0 Å². The van der Waals surface area contributed by atoms with Gasteiger partial charge in [0.05, 0.1) is 0 Å². The number of aromatic carboxylic acids is 1. The Hall–Kier alpha value is -2.17. The van der Waals surface area contributed by atoms with Gasteiger partial charge in [0.15, 0.2) is 6.26 Å². The van der Waals surface area contributed by atoms with Crippen LogP contribution in [0.1, 0.15) is 10.5 Å². The van der Waals surface area contributed by atoms with Crippen LogP contribution in [-0.2, 0) is 0 Å². The number of aromatic nitrogens is 2. The second-order valence-electron chi connectivity index (χ2n) is 2.25. The van der Waals surface area contributed by atoms with Gasteiger partial charge in [0.25, 0.3) is 0 Å². The largest absolute Gasteiger partial charge is 0.476 e. The van der Waals surface area contributed by atoms with Crippen molar-refractivity contribution >= 4 is 5.97 Å². The lowest BCUT2D eigenvalue weighted by Gasteiger charge is -1.73. The van der Waals surface area contributed by atoms with Crippen LogP contribution in [0.3, 0.4) is 0 Å². The van der Waals surface area contributed by atoms with E-state index in [4.69, 9.17) is 5.11 Å². The van der Waals surface area contributed by atoms with Crippen molar-refractivity contribution in [2.24, 2.45) is 0 Å². The van der Waals surface area contributed by atoms with Crippen molar-refractivity contribution in [1.29, 1.82) is 0 Å². The predicted octanol–water partition coefficient (Wildman–Crippen LogP) is 1.45. The van der Waals surface area contributed by atoms with E-state index in [1.165, 1.54) is 0 Å². The molecule has 72 valence electrons. The van der Waals surface area contributed by atoms with Crippen molar-refractivity contribution < 1.29 is 14.4 Å². The SMILES string of the molecule is O=C(O)c1conn1.c1ccccc1. The van der Waals surface area contributed by atoms with E-state index in [0.717, 1.165) is 6.26 Å². The summed E-state index contributed by atoms with van der Waals surface area (Å²) in [7, 11) is 0. The van der Waals surface area contributed by atoms with E-state index in [9.17, 15) is 4.79 Å². The number of rotatable bonds is 1. The minimum absolute atomic E-state index is 0.176. The van der Waals surface area contributed by atoms with Gasteiger partial charge < -0.3 is 9.63 Å². The number of carboxylic acids is 1. The van der Waals surface area contributed by atoms with Crippen LogP contribution in [0, 0.1) is 0 Å². The van der Waals surface area contributed by atoms with Crippen LogP contribution in [0.4, 0.5) is 0 Å². The van der Waals surface area contributed by atoms with E-state index >= 15 is 0 Å². The van der Waals surface area contributed by atoms with Gasteiger partial charge in [0.2, 0.25) is 5.69 Å². The lowest BCUT2D eigenvalue weighted by atomic mass is 10.4. The van der Waals surface area contributed by atoms with E-state index < -0.39 is 5.97 Å². The van der Waals surface area contributed by atoms with E-state index in [-0.39, 0.29) is 5.69 Å². The number of hydrogen-bond donors (Lipinski definition) is 1. The maximum Gasteiger partial charge on any atom is 0.359 e. The van der Waals surface area contributed by atoms with Crippen molar-refractivity contribution in [3.63, 3.8) is 0 Å². The van der Waals surface area contributed by atoms with Gasteiger partial charge in [-0.2, -0.15) is 0 Å². The summed E-state index contributed by atoms with van der Waals surface area (Å²) in [4.78, 5) is 9.90. The molecule has 2 aromatic rings. The molecule has 5 nitrogen and oxygen atoms in total. The third-order valence-electron chi connectivity index (χ3n) is 1.25. The lowest BCUT2D eigenvalue weighted by Crippen LogP contribution is -1.95. The second kappa shape index (κ2) is 5.47. The first-order chi connectivity index (χ1) is 6.80. The van der Waals surface area contributed by atoms with Gasteiger partial charge in [-0.3, -0.25) is 0 Å². The van der Waals surface area contributed by atoms with Crippen LogP contribution >= 0.6 is 0 Å². The number of nitrogens with zero attached hydrogens (tertiary/aromatic N) is 2. The highest BCUT2D eigenvalue weighted by atomic mass is 16.5. The van der Waals surface area contributed by atoms with Crippen molar-refractivity contribution in [1.82, 2.24) is 10.4 Å². The first-order valence-electron chi connectivity index (χ1n) is 3.81. The minimum atomic E-state index is -1.13. The Morgan fingerprint density at radius 1 is 1.14 bits per heavy atom. The lowest BCUT2D eigenvalue weighted by molar-refractivity contribution is 0.0690. The fourth-order valence-electron chi connectivity index (χ4n) is 0.643. The molecule has 0 aliphatic rings. The molecule has 5 heteroatoms. The third kappa shape index (κ3) is 3.48.